The van der Waals surface area contributed by atoms with E-state index >= 15 is 0 Å². The lowest BCUT2D eigenvalue weighted by atomic mass is 9.46. The number of rotatable bonds is 5. The zero-order chi connectivity index (χ0) is 22.7. The Labute approximate surface area is 193 Å². The van der Waals surface area contributed by atoms with Crippen molar-refractivity contribution in [2.45, 2.75) is 106 Å². The molecule has 176 valence electrons. The monoisotopic (exact) mass is 426 g/mol. The van der Waals surface area contributed by atoms with Crippen LogP contribution in [0.5, 0.6) is 0 Å². The molecule has 31 heavy (non-hydrogen) atoms. The predicted octanol–water partition coefficient (Wildman–Crippen LogP) is 8.05. The molecule has 3 fully saturated rings. The maximum Gasteiger partial charge on any atom is 0.0568 e. The van der Waals surface area contributed by atoms with Gasteiger partial charge in [0.1, 0.15) is 0 Å². The van der Waals surface area contributed by atoms with Crippen LogP contribution >= 0.6 is 0 Å². The molecule has 1 N–H and O–H groups in total. The van der Waals surface area contributed by atoms with Gasteiger partial charge < -0.3 is 5.11 Å². The summed E-state index contributed by atoms with van der Waals surface area (Å²) in [5.41, 5.74) is 4.21. The second-order valence-corrected chi connectivity index (χ2v) is 13.2. The number of aliphatic hydroxyl groups excluding tert-OH is 1. The molecule has 0 aliphatic heterocycles. The molecule has 0 amide bonds. The van der Waals surface area contributed by atoms with Gasteiger partial charge in [-0.05, 0) is 110 Å². The Bertz CT molecular complexity index is 718. The molecule has 0 aromatic carbocycles. The standard InChI is InChI=1S/C30H50O/c1-18(2)19(3)17-20(4)21(5)24-11-12-26-23-9-10-25-22(6)28(31)14-16-30(25,8)27(23)13-15-29(24,26)7/h9,18-19,21-22,24-28,31H,4,10-17H2,1-3,5-8H3. The Balaban J connectivity index is 1.55. The number of fused-ring (bicyclic) bond motifs is 5. The third-order valence-electron chi connectivity index (χ3n) is 11.6. The minimum absolute atomic E-state index is 0.0853. The highest BCUT2D eigenvalue weighted by molar-refractivity contribution is 5.28. The maximum absolute atomic E-state index is 10.5. The molecule has 0 bridgehead atoms. The highest BCUT2D eigenvalue weighted by Gasteiger charge is 2.59. The van der Waals surface area contributed by atoms with Gasteiger partial charge >= 0.3 is 0 Å². The summed E-state index contributed by atoms with van der Waals surface area (Å²) in [6.07, 6.45) is 12.7. The highest BCUT2D eigenvalue weighted by atomic mass is 16.3. The quantitative estimate of drug-likeness (QED) is 0.441. The average molecular weight is 427 g/mol. The SMILES string of the molecule is C=C(CC(C)C(C)C)C(C)C1CCC2C3=CCC4C(C)C(O)CCC4(C)C3CCC21C. The summed E-state index contributed by atoms with van der Waals surface area (Å²) in [6.45, 7) is 21.8. The summed E-state index contributed by atoms with van der Waals surface area (Å²) in [4.78, 5) is 0. The van der Waals surface area contributed by atoms with E-state index in [0.29, 0.717) is 28.6 Å². The molecule has 0 aromatic rings. The van der Waals surface area contributed by atoms with Crippen molar-refractivity contribution in [1.82, 2.24) is 0 Å². The van der Waals surface area contributed by atoms with Crippen molar-refractivity contribution >= 4 is 0 Å². The van der Waals surface area contributed by atoms with Crippen LogP contribution in [-0.4, -0.2) is 11.2 Å². The molecule has 10 atom stereocenters. The normalized spacial score (nSPS) is 46.5. The molecule has 4 aliphatic rings. The van der Waals surface area contributed by atoms with E-state index in [1.807, 2.05) is 5.57 Å². The van der Waals surface area contributed by atoms with E-state index in [2.05, 4.69) is 61.1 Å². The first-order valence-electron chi connectivity index (χ1n) is 13.6. The van der Waals surface area contributed by atoms with E-state index in [0.717, 1.165) is 36.0 Å². The van der Waals surface area contributed by atoms with Gasteiger partial charge in [-0.25, -0.2) is 0 Å². The molecule has 10 unspecified atom stereocenters. The van der Waals surface area contributed by atoms with Crippen LogP contribution in [0.4, 0.5) is 0 Å². The Kier molecular flexibility index (Phi) is 6.35. The molecular formula is C30H50O. The number of hydrogen-bond acceptors (Lipinski definition) is 1. The van der Waals surface area contributed by atoms with Crippen LogP contribution in [0.2, 0.25) is 0 Å². The van der Waals surface area contributed by atoms with Gasteiger partial charge in [0.25, 0.3) is 0 Å². The number of allylic oxidation sites excluding steroid dienone is 3. The molecule has 1 heteroatoms. The predicted molar refractivity (Wildman–Crippen MR) is 133 cm³/mol. The zero-order valence-corrected chi connectivity index (χ0v) is 21.6. The van der Waals surface area contributed by atoms with Gasteiger partial charge in [0.05, 0.1) is 6.10 Å². The summed E-state index contributed by atoms with van der Waals surface area (Å²) in [5.74, 6) is 5.58. The molecule has 1 nitrogen and oxygen atoms in total. The minimum atomic E-state index is -0.0853. The van der Waals surface area contributed by atoms with Crippen molar-refractivity contribution in [2.75, 3.05) is 0 Å². The number of aliphatic hydroxyl groups is 1. The Hall–Kier alpha value is -0.560. The Morgan fingerprint density at radius 3 is 2.35 bits per heavy atom. The topological polar surface area (TPSA) is 20.2 Å². The van der Waals surface area contributed by atoms with Crippen LogP contribution in [0.3, 0.4) is 0 Å². The van der Waals surface area contributed by atoms with Crippen LogP contribution in [0, 0.1) is 58.2 Å². The molecule has 0 saturated heterocycles. The summed E-state index contributed by atoms with van der Waals surface area (Å²) >= 11 is 0. The second kappa shape index (κ2) is 8.34. The fraction of sp³-hybridized carbons (Fsp3) is 0.867. The summed E-state index contributed by atoms with van der Waals surface area (Å²) in [7, 11) is 0. The van der Waals surface area contributed by atoms with Crippen molar-refractivity contribution < 1.29 is 5.11 Å². The molecule has 0 aromatic heterocycles. The zero-order valence-electron chi connectivity index (χ0n) is 21.6. The largest absolute Gasteiger partial charge is 0.393 e. The lowest BCUT2D eigenvalue weighted by Crippen LogP contribution is -2.52. The maximum atomic E-state index is 10.5. The summed E-state index contributed by atoms with van der Waals surface area (Å²) < 4.78 is 0. The van der Waals surface area contributed by atoms with Crippen molar-refractivity contribution in [2.24, 2.45) is 58.2 Å². The third-order valence-corrected chi connectivity index (χ3v) is 11.6. The van der Waals surface area contributed by atoms with E-state index in [-0.39, 0.29) is 6.10 Å². The molecular weight excluding hydrogens is 376 g/mol. The van der Waals surface area contributed by atoms with Crippen molar-refractivity contribution in [3.8, 4) is 0 Å². The lowest BCUT2D eigenvalue weighted by Gasteiger charge is -2.59. The summed E-state index contributed by atoms with van der Waals surface area (Å²) in [5, 5.41) is 10.5. The van der Waals surface area contributed by atoms with E-state index < -0.39 is 0 Å². The van der Waals surface area contributed by atoms with Gasteiger partial charge in [0.15, 0.2) is 0 Å². The smallest absolute Gasteiger partial charge is 0.0568 e. The molecule has 0 heterocycles. The first-order chi connectivity index (χ1) is 14.5. The van der Waals surface area contributed by atoms with E-state index in [1.54, 1.807) is 0 Å². The third kappa shape index (κ3) is 3.70. The van der Waals surface area contributed by atoms with Crippen molar-refractivity contribution in [3.05, 3.63) is 23.8 Å². The van der Waals surface area contributed by atoms with Gasteiger partial charge in [0.2, 0.25) is 0 Å². The fourth-order valence-corrected chi connectivity index (χ4v) is 8.93. The van der Waals surface area contributed by atoms with E-state index in [9.17, 15) is 5.11 Å². The van der Waals surface area contributed by atoms with E-state index in [1.165, 1.54) is 50.5 Å². The molecule has 3 saturated carbocycles. The molecule has 0 radical (unpaired) electrons. The van der Waals surface area contributed by atoms with Crippen LogP contribution < -0.4 is 0 Å². The van der Waals surface area contributed by atoms with Crippen molar-refractivity contribution in [1.29, 1.82) is 0 Å². The van der Waals surface area contributed by atoms with Crippen LogP contribution in [0.25, 0.3) is 0 Å². The van der Waals surface area contributed by atoms with Gasteiger partial charge in [0, 0.05) is 0 Å². The average Bonchev–Trinajstić information content (AvgIpc) is 3.07. The molecule has 4 rings (SSSR count). The van der Waals surface area contributed by atoms with Gasteiger partial charge in [-0.15, -0.1) is 0 Å². The molecule has 4 aliphatic carbocycles. The fourth-order valence-electron chi connectivity index (χ4n) is 8.93. The number of hydrogen-bond donors (Lipinski definition) is 1. The van der Waals surface area contributed by atoms with Crippen LogP contribution in [-0.2, 0) is 0 Å². The highest BCUT2D eigenvalue weighted by Crippen LogP contribution is 2.67. The van der Waals surface area contributed by atoms with Gasteiger partial charge in [-0.2, -0.15) is 0 Å². The lowest BCUT2D eigenvalue weighted by molar-refractivity contribution is -0.0769. The Morgan fingerprint density at radius 1 is 1.03 bits per heavy atom. The second-order valence-electron chi connectivity index (χ2n) is 13.2. The first-order valence-corrected chi connectivity index (χ1v) is 13.6. The van der Waals surface area contributed by atoms with Crippen molar-refractivity contribution in [3.63, 3.8) is 0 Å². The van der Waals surface area contributed by atoms with Crippen LogP contribution in [0.1, 0.15) is 99.8 Å². The first kappa shape index (κ1) is 23.6. The Morgan fingerprint density at radius 2 is 1.68 bits per heavy atom. The van der Waals surface area contributed by atoms with Gasteiger partial charge in [-0.1, -0.05) is 72.3 Å². The summed E-state index contributed by atoms with van der Waals surface area (Å²) in [6, 6.07) is 0. The van der Waals surface area contributed by atoms with Crippen LogP contribution in [0.15, 0.2) is 23.8 Å². The minimum Gasteiger partial charge on any atom is -0.393 e. The van der Waals surface area contributed by atoms with E-state index in [4.69, 9.17) is 0 Å². The van der Waals surface area contributed by atoms with Gasteiger partial charge in [-0.3, -0.25) is 0 Å². The molecule has 0 spiro atoms.